The summed E-state index contributed by atoms with van der Waals surface area (Å²) in [6.07, 6.45) is 0. The van der Waals surface area contributed by atoms with E-state index in [0.717, 1.165) is 11.1 Å². The molecule has 0 saturated carbocycles. The summed E-state index contributed by atoms with van der Waals surface area (Å²) in [4.78, 5) is 13.9. The molecule has 0 saturated heterocycles. The second-order valence-electron chi connectivity index (χ2n) is 4.27. The lowest BCUT2D eigenvalue weighted by atomic mass is 10.1. The molecule has 1 unspecified atom stereocenters. The quantitative estimate of drug-likeness (QED) is 0.776. The zero-order valence-corrected chi connectivity index (χ0v) is 11.8. The molecule has 4 nitrogen and oxygen atoms in total. The van der Waals surface area contributed by atoms with Crippen LogP contribution in [0.15, 0.2) is 24.3 Å². The fourth-order valence-electron chi connectivity index (χ4n) is 1.66. The van der Waals surface area contributed by atoms with Crippen molar-refractivity contribution in [1.29, 1.82) is 0 Å². The minimum atomic E-state index is -0.177. The molecule has 5 heteroatoms. The minimum absolute atomic E-state index is 0.00278. The first-order chi connectivity index (χ1) is 8.45. The summed E-state index contributed by atoms with van der Waals surface area (Å²) in [6, 6.07) is 7.57. The van der Waals surface area contributed by atoms with Gasteiger partial charge >= 0.3 is 0 Å². The highest BCUT2D eigenvalue weighted by molar-refractivity contribution is 7.80. The van der Waals surface area contributed by atoms with E-state index < -0.39 is 0 Å². The van der Waals surface area contributed by atoms with Crippen LogP contribution in [-0.2, 0) is 11.3 Å². The van der Waals surface area contributed by atoms with Crippen LogP contribution in [-0.4, -0.2) is 35.9 Å². The summed E-state index contributed by atoms with van der Waals surface area (Å²) < 4.78 is 0. The van der Waals surface area contributed by atoms with Gasteiger partial charge in [0.05, 0.1) is 6.04 Å². The topological polar surface area (TPSA) is 58.4 Å². The molecule has 1 aromatic carbocycles. The van der Waals surface area contributed by atoms with Gasteiger partial charge in [-0.25, -0.2) is 0 Å². The lowest BCUT2D eigenvalue weighted by Gasteiger charge is -2.23. The van der Waals surface area contributed by atoms with Gasteiger partial charge in [0, 0.05) is 19.2 Å². The van der Waals surface area contributed by atoms with Gasteiger partial charge in [-0.3, -0.25) is 9.69 Å². The Bertz CT molecular complexity index is 448. The molecule has 0 aliphatic rings. The molecule has 98 valence electrons. The van der Waals surface area contributed by atoms with Crippen molar-refractivity contribution in [2.75, 3.05) is 14.1 Å². The predicted molar refractivity (Wildman–Crippen MR) is 77.3 cm³/mol. The maximum Gasteiger partial charge on any atom is 0.236 e. The zero-order valence-electron chi connectivity index (χ0n) is 10.9. The average molecular weight is 265 g/mol. The van der Waals surface area contributed by atoms with Crippen LogP contribution < -0.4 is 11.1 Å². The number of thiocarbonyl (C=S) groups is 1. The summed E-state index contributed by atoms with van der Waals surface area (Å²) in [7, 11) is 3.55. The van der Waals surface area contributed by atoms with Crippen LogP contribution in [0.1, 0.15) is 18.1 Å². The highest BCUT2D eigenvalue weighted by Crippen LogP contribution is 2.09. The molecule has 0 aliphatic heterocycles. The number of benzene rings is 1. The number of carbonyl (C=O) groups is 1. The number of carbonyl (C=O) groups excluding carboxylic acids is 1. The number of amides is 1. The van der Waals surface area contributed by atoms with Crippen LogP contribution in [0.25, 0.3) is 0 Å². The Hall–Kier alpha value is -1.46. The molecular formula is C13H19N3OS. The third-order valence-corrected chi connectivity index (χ3v) is 3.17. The SMILES string of the molecule is CNC(=O)C(C)N(C)Cc1cccc(C(N)=S)c1. The van der Waals surface area contributed by atoms with Gasteiger partial charge in [0.2, 0.25) is 5.91 Å². The van der Waals surface area contributed by atoms with E-state index in [2.05, 4.69) is 5.32 Å². The van der Waals surface area contributed by atoms with Crippen molar-refractivity contribution in [2.24, 2.45) is 5.73 Å². The number of nitrogens with two attached hydrogens (primary N) is 1. The fraction of sp³-hybridized carbons (Fsp3) is 0.385. The molecule has 0 aliphatic carbocycles. The van der Waals surface area contributed by atoms with E-state index in [1.54, 1.807) is 7.05 Å². The van der Waals surface area contributed by atoms with Gasteiger partial charge in [-0.2, -0.15) is 0 Å². The van der Waals surface area contributed by atoms with Crippen molar-refractivity contribution >= 4 is 23.1 Å². The summed E-state index contributed by atoms with van der Waals surface area (Å²) in [5.41, 5.74) is 7.53. The number of nitrogens with zero attached hydrogens (tertiary/aromatic N) is 1. The fourth-order valence-corrected chi connectivity index (χ4v) is 1.78. The zero-order chi connectivity index (χ0) is 13.7. The molecule has 3 N–H and O–H groups in total. The normalized spacial score (nSPS) is 12.2. The van der Waals surface area contributed by atoms with Crippen molar-refractivity contribution < 1.29 is 4.79 Å². The van der Waals surface area contributed by atoms with E-state index >= 15 is 0 Å². The van der Waals surface area contributed by atoms with E-state index in [9.17, 15) is 4.79 Å². The number of rotatable bonds is 5. The van der Waals surface area contributed by atoms with E-state index in [1.165, 1.54) is 0 Å². The van der Waals surface area contributed by atoms with Crippen molar-refractivity contribution in [2.45, 2.75) is 19.5 Å². The molecule has 1 amide bonds. The number of likely N-dealkylation sites (N-methyl/N-ethyl adjacent to an activating group) is 2. The number of nitrogens with one attached hydrogen (secondary N) is 1. The maximum absolute atomic E-state index is 11.5. The largest absolute Gasteiger partial charge is 0.389 e. The first-order valence-electron chi connectivity index (χ1n) is 5.76. The van der Waals surface area contributed by atoms with Crippen LogP contribution in [0, 0.1) is 0 Å². The Labute approximate surface area is 113 Å². The second kappa shape index (κ2) is 6.47. The van der Waals surface area contributed by atoms with Crippen LogP contribution in [0.4, 0.5) is 0 Å². The predicted octanol–water partition coefficient (Wildman–Crippen LogP) is 0.887. The van der Waals surface area contributed by atoms with Gasteiger partial charge in [0.1, 0.15) is 4.99 Å². The Kier molecular flexibility index (Phi) is 5.25. The van der Waals surface area contributed by atoms with E-state index in [1.807, 2.05) is 43.1 Å². The summed E-state index contributed by atoms with van der Waals surface area (Å²) in [5.74, 6) is 0.00278. The molecule has 0 spiro atoms. The Morgan fingerprint density at radius 2 is 2.22 bits per heavy atom. The number of hydrogen-bond acceptors (Lipinski definition) is 3. The van der Waals surface area contributed by atoms with Gasteiger partial charge in [-0.1, -0.05) is 30.4 Å². The summed E-state index contributed by atoms with van der Waals surface area (Å²) in [6.45, 7) is 2.54. The third-order valence-electron chi connectivity index (χ3n) is 2.93. The molecule has 0 heterocycles. The third kappa shape index (κ3) is 3.78. The summed E-state index contributed by atoms with van der Waals surface area (Å²) >= 11 is 4.95. The minimum Gasteiger partial charge on any atom is -0.389 e. The average Bonchev–Trinajstić information content (AvgIpc) is 2.37. The first kappa shape index (κ1) is 14.6. The molecule has 0 aromatic heterocycles. The van der Waals surface area contributed by atoms with Crippen LogP contribution in [0.5, 0.6) is 0 Å². The molecule has 0 fully saturated rings. The molecule has 0 bridgehead atoms. The highest BCUT2D eigenvalue weighted by atomic mass is 32.1. The number of hydrogen-bond donors (Lipinski definition) is 2. The van der Waals surface area contributed by atoms with E-state index in [0.29, 0.717) is 11.5 Å². The standard InChI is InChI=1S/C13H19N3OS/c1-9(13(17)15-2)16(3)8-10-5-4-6-11(7-10)12(14)18/h4-7,9H,8H2,1-3H3,(H2,14,18)(H,15,17). The van der Waals surface area contributed by atoms with Crippen LogP contribution in [0.3, 0.4) is 0 Å². The lowest BCUT2D eigenvalue weighted by Crippen LogP contribution is -2.41. The van der Waals surface area contributed by atoms with Crippen molar-refractivity contribution in [3.8, 4) is 0 Å². The van der Waals surface area contributed by atoms with Gasteiger partial charge in [0.25, 0.3) is 0 Å². The summed E-state index contributed by atoms with van der Waals surface area (Å²) in [5, 5.41) is 2.64. The van der Waals surface area contributed by atoms with Gasteiger partial charge in [0.15, 0.2) is 0 Å². The molecular weight excluding hydrogens is 246 g/mol. The van der Waals surface area contributed by atoms with Gasteiger partial charge < -0.3 is 11.1 Å². The van der Waals surface area contributed by atoms with Crippen LogP contribution in [0.2, 0.25) is 0 Å². The maximum atomic E-state index is 11.5. The molecule has 1 rings (SSSR count). The van der Waals surface area contributed by atoms with Crippen molar-refractivity contribution in [1.82, 2.24) is 10.2 Å². The monoisotopic (exact) mass is 265 g/mol. The smallest absolute Gasteiger partial charge is 0.236 e. The van der Waals surface area contributed by atoms with Crippen molar-refractivity contribution in [3.63, 3.8) is 0 Å². The Morgan fingerprint density at radius 1 is 1.56 bits per heavy atom. The van der Waals surface area contributed by atoms with E-state index in [4.69, 9.17) is 18.0 Å². The first-order valence-corrected chi connectivity index (χ1v) is 6.17. The van der Waals surface area contributed by atoms with Crippen LogP contribution >= 0.6 is 12.2 Å². The molecule has 0 radical (unpaired) electrons. The Balaban J connectivity index is 2.75. The second-order valence-corrected chi connectivity index (χ2v) is 4.71. The molecule has 1 atom stereocenters. The van der Waals surface area contributed by atoms with Crippen molar-refractivity contribution in [3.05, 3.63) is 35.4 Å². The Morgan fingerprint density at radius 3 is 2.78 bits per heavy atom. The van der Waals surface area contributed by atoms with E-state index in [-0.39, 0.29) is 11.9 Å². The van der Waals surface area contributed by atoms with Gasteiger partial charge in [-0.15, -0.1) is 0 Å². The molecule has 18 heavy (non-hydrogen) atoms. The highest BCUT2D eigenvalue weighted by Gasteiger charge is 2.16. The van der Waals surface area contributed by atoms with Gasteiger partial charge in [-0.05, 0) is 25.6 Å². The lowest BCUT2D eigenvalue weighted by molar-refractivity contribution is -0.125. The molecule has 1 aromatic rings.